The molecular weight excluding hydrogens is 100 g/mol. The zero-order valence-electron chi connectivity index (χ0n) is 5.69. The standard InChI is InChI=1S/C7H12O/c1-5-6-8-7(2,3)4/h1H,6H2,2-4H3. The predicted molar refractivity (Wildman–Crippen MR) is 34.5 cm³/mol. The van der Waals surface area contributed by atoms with Gasteiger partial charge in [-0.1, -0.05) is 5.92 Å². The largest absolute Gasteiger partial charge is 0.363 e. The summed E-state index contributed by atoms with van der Waals surface area (Å²) in [5.41, 5.74) is -0.0909. The van der Waals surface area contributed by atoms with Crippen molar-refractivity contribution in [3.63, 3.8) is 0 Å². The SMILES string of the molecule is C#CCOC(C)(C)C. The van der Waals surface area contributed by atoms with Crippen LogP contribution in [-0.2, 0) is 4.74 Å². The van der Waals surface area contributed by atoms with Crippen LogP contribution >= 0.6 is 0 Å². The lowest BCUT2D eigenvalue weighted by Gasteiger charge is -2.16. The van der Waals surface area contributed by atoms with Crippen molar-refractivity contribution in [1.82, 2.24) is 0 Å². The number of hydrogen-bond acceptors (Lipinski definition) is 1. The predicted octanol–water partition coefficient (Wildman–Crippen LogP) is 1.43. The monoisotopic (exact) mass is 112 g/mol. The second-order valence-electron chi connectivity index (χ2n) is 2.61. The highest BCUT2D eigenvalue weighted by Crippen LogP contribution is 2.04. The average Bonchev–Trinajstić information content (AvgIpc) is 1.59. The third-order valence-electron chi connectivity index (χ3n) is 0.589. The maximum absolute atomic E-state index is 5.14. The average molecular weight is 112 g/mol. The van der Waals surface area contributed by atoms with E-state index in [2.05, 4.69) is 5.92 Å². The van der Waals surface area contributed by atoms with Gasteiger partial charge in [0.15, 0.2) is 0 Å². The number of rotatable bonds is 1. The van der Waals surface area contributed by atoms with E-state index in [-0.39, 0.29) is 5.60 Å². The third kappa shape index (κ3) is 5.52. The molecule has 0 spiro atoms. The van der Waals surface area contributed by atoms with Crippen LogP contribution < -0.4 is 0 Å². The molecule has 8 heavy (non-hydrogen) atoms. The van der Waals surface area contributed by atoms with Crippen LogP contribution in [-0.4, -0.2) is 12.2 Å². The van der Waals surface area contributed by atoms with Crippen molar-refractivity contribution in [1.29, 1.82) is 0 Å². The van der Waals surface area contributed by atoms with Crippen LogP contribution in [0.1, 0.15) is 20.8 Å². The smallest absolute Gasteiger partial charge is 0.108 e. The van der Waals surface area contributed by atoms with Gasteiger partial charge in [0.2, 0.25) is 0 Å². The van der Waals surface area contributed by atoms with Gasteiger partial charge in [-0.2, -0.15) is 0 Å². The van der Waals surface area contributed by atoms with E-state index in [0.717, 1.165) is 0 Å². The summed E-state index contributed by atoms with van der Waals surface area (Å²) in [6.07, 6.45) is 4.96. The normalized spacial score (nSPS) is 10.8. The molecule has 1 nitrogen and oxygen atoms in total. The number of ether oxygens (including phenoxy) is 1. The van der Waals surface area contributed by atoms with Gasteiger partial charge in [-0.15, -0.1) is 6.42 Å². The van der Waals surface area contributed by atoms with Crippen LogP contribution in [0.5, 0.6) is 0 Å². The first-order chi connectivity index (χ1) is 3.56. The van der Waals surface area contributed by atoms with Crippen molar-refractivity contribution in [3.8, 4) is 12.3 Å². The summed E-state index contributed by atoms with van der Waals surface area (Å²) in [5.74, 6) is 2.40. The summed E-state index contributed by atoms with van der Waals surface area (Å²) < 4.78 is 5.14. The minimum absolute atomic E-state index is 0.0909. The Balaban J connectivity index is 3.28. The van der Waals surface area contributed by atoms with E-state index in [1.54, 1.807) is 0 Å². The molecule has 0 saturated heterocycles. The van der Waals surface area contributed by atoms with Crippen LogP contribution in [0.2, 0.25) is 0 Å². The van der Waals surface area contributed by atoms with Crippen LogP contribution in [0.3, 0.4) is 0 Å². The lowest BCUT2D eigenvalue weighted by atomic mass is 10.2. The zero-order valence-corrected chi connectivity index (χ0v) is 5.69. The van der Waals surface area contributed by atoms with Gasteiger partial charge in [-0.3, -0.25) is 0 Å². The quantitative estimate of drug-likeness (QED) is 0.466. The molecule has 46 valence electrons. The molecule has 0 aliphatic heterocycles. The van der Waals surface area contributed by atoms with Crippen molar-refractivity contribution < 1.29 is 4.74 Å². The highest BCUT2D eigenvalue weighted by atomic mass is 16.5. The number of terminal acetylenes is 1. The van der Waals surface area contributed by atoms with Crippen molar-refractivity contribution in [2.45, 2.75) is 26.4 Å². The van der Waals surface area contributed by atoms with Gasteiger partial charge < -0.3 is 4.74 Å². The summed E-state index contributed by atoms with van der Waals surface area (Å²) in [4.78, 5) is 0. The van der Waals surface area contributed by atoms with Crippen LogP contribution in [0.25, 0.3) is 0 Å². The Labute approximate surface area is 51.0 Å². The molecule has 0 unspecified atom stereocenters. The highest BCUT2D eigenvalue weighted by Gasteiger charge is 2.07. The first-order valence-electron chi connectivity index (χ1n) is 2.64. The van der Waals surface area contributed by atoms with Crippen molar-refractivity contribution >= 4 is 0 Å². The first-order valence-corrected chi connectivity index (χ1v) is 2.64. The maximum atomic E-state index is 5.14. The van der Waals surface area contributed by atoms with Gasteiger partial charge in [0.1, 0.15) is 6.61 Å². The Hall–Kier alpha value is -0.480. The van der Waals surface area contributed by atoms with E-state index in [1.165, 1.54) is 0 Å². The lowest BCUT2D eigenvalue weighted by Crippen LogP contribution is -2.18. The Bertz CT molecular complexity index is 91.9. The maximum Gasteiger partial charge on any atom is 0.108 e. The van der Waals surface area contributed by atoms with Gasteiger partial charge in [0, 0.05) is 0 Å². The number of hydrogen-bond donors (Lipinski definition) is 0. The third-order valence-corrected chi connectivity index (χ3v) is 0.589. The van der Waals surface area contributed by atoms with Gasteiger partial charge >= 0.3 is 0 Å². The zero-order chi connectivity index (χ0) is 6.62. The molecule has 0 atom stereocenters. The molecule has 0 fully saturated rings. The molecule has 0 aliphatic carbocycles. The molecular formula is C7H12O. The first kappa shape index (κ1) is 7.52. The molecule has 0 bridgehead atoms. The molecule has 0 amide bonds. The van der Waals surface area contributed by atoms with Gasteiger partial charge in [-0.05, 0) is 20.8 Å². The minimum atomic E-state index is -0.0909. The summed E-state index contributed by atoms with van der Waals surface area (Å²) in [6.45, 7) is 6.34. The molecule has 0 rings (SSSR count). The molecule has 0 N–H and O–H groups in total. The van der Waals surface area contributed by atoms with Crippen LogP contribution in [0.15, 0.2) is 0 Å². The van der Waals surface area contributed by atoms with E-state index < -0.39 is 0 Å². The highest BCUT2D eigenvalue weighted by molar-refractivity contribution is 4.84. The van der Waals surface area contributed by atoms with E-state index >= 15 is 0 Å². The molecule has 0 heterocycles. The van der Waals surface area contributed by atoms with Crippen molar-refractivity contribution in [3.05, 3.63) is 0 Å². The molecule has 0 aromatic rings. The van der Waals surface area contributed by atoms with Gasteiger partial charge in [0.05, 0.1) is 5.60 Å². The van der Waals surface area contributed by atoms with Crippen LogP contribution in [0.4, 0.5) is 0 Å². The molecule has 0 radical (unpaired) electrons. The fourth-order valence-electron chi connectivity index (χ4n) is 0.258. The molecule has 0 saturated carbocycles. The molecule has 0 aromatic carbocycles. The topological polar surface area (TPSA) is 9.23 Å². The van der Waals surface area contributed by atoms with E-state index in [4.69, 9.17) is 11.2 Å². The summed E-state index contributed by atoms with van der Waals surface area (Å²) in [6, 6.07) is 0. The van der Waals surface area contributed by atoms with Crippen molar-refractivity contribution in [2.75, 3.05) is 6.61 Å². The molecule has 1 heteroatoms. The van der Waals surface area contributed by atoms with Crippen molar-refractivity contribution in [2.24, 2.45) is 0 Å². The fourth-order valence-corrected chi connectivity index (χ4v) is 0.258. The lowest BCUT2D eigenvalue weighted by molar-refractivity contribution is 0.0182. The second-order valence-corrected chi connectivity index (χ2v) is 2.61. The molecule has 0 aliphatic rings. The van der Waals surface area contributed by atoms with E-state index in [9.17, 15) is 0 Å². The van der Waals surface area contributed by atoms with E-state index in [1.807, 2.05) is 20.8 Å². The van der Waals surface area contributed by atoms with E-state index in [0.29, 0.717) is 6.61 Å². The van der Waals surface area contributed by atoms with Gasteiger partial charge in [0.25, 0.3) is 0 Å². The van der Waals surface area contributed by atoms with Gasteiger partial charge in [-0.25, -0.2) is 0 Å². The summed E-state index contributed by atoms with van der Waals surface area (Å²) >= 11 is 0. The Kier molecular flexibility index (Phi) is 2.57. The Morgan fingerprint density at radius 3 is 2.12 bits per heavy atom. The van der Waals surface area contributed by atoms with Crippen LogP contribution in [0, 0.1) is 12.3 Å². The second kappa shape index (κ2) is 2.74. The molecule has 0 aromatic heterocycles. The summed E-state index contributed by atoms with van der Waals surface area (Å²) in [7, 11) is 0. The Morgan fingerprint density at radius 1 is 1.50 bits per heavy atom. The Morgan fingerprint density at radius 2 is 2.00 bits per heavy atom. The fraction of sp³-hybridized carbons (Fsp3) is 0.714. The minimum Gasteiger partial charge on any atom is -0.363 e. The summed E-state index contributed by atoms with van der Waals surface area (Å²) in [5, 5.41) is 0.